The highest BCUT2D eigenvalue weighted by molar-refractivity contribution is 6.06. The van der Waals surface area contributed by atoms with Gasteiger partial charge in [-0.05, 0) is 30.2 Å². The Hall–Kier alpha value is -2.33. The SMILES string of the molecule is CCCc1cccc(C(=O)Nc2ccccc2)c1OCC1CO1. The number of epoxide rings is 1. The van der Waals surface area contributed by atoms with Crippen molar-refractivity contribution in [1.82, 2.24) is 0 Å². The van der Waals surface area contributed by atoms with Gasteiger partial charge >= 0.3 is 0 Å². The number of hydrogen-bond donors (Lipinski definition) is 1. The molecule has 3 rings (SSSR count). The van der Waals surface area contributed by atoms with Crippen LogP contribution in [0.5, 0.6) is 5.75 Å². The Morgan fingerprint density at radius 1 is 1.22 bits per heavy atom. The van der Waals surface area contributed by atoms with E-state index in [1.54, 1.807) is 6.07 Å². The van der Waals surface area contributed by atoms with Crippen molar-refractivity contribution in [3.63, 3.8) is 0 Å². The van der Waals surface area contributed by atoms with E-state index in [4.69, 9.17) is 9.47 Å². The Bertz CT molecular complexity index is 666. The molecule has 1 unspecified atom stereocenters. The summed E-state index contributed by atoms with van der Waals surface area (Å²) in [5.74, 6) is 0.527. The number of anilines is 1. The van der Waals surface area contributed by atoms with E-state index in [9.17, 15) is 4.79 Å². The second kappa shape index (κ2) is 7.29. The standard InChI is InChI=1S/C19H21NO3/c1-2-7-14-8-6-11-17(18(14)23-13-16-12-22-16)19(21)20-15-9-4-3-5-10-15/h3-6,8-11,16H,2,7,12-13H2,1H3,(H,20,21). The van der Waals surface area contributed by atoms with E-state index in [2.05, 4.69) is 12.2 Å². The molecule has 2 aromatic rings. The predicted molar refractivity (Wildman–Crippen MR) is 90.1 cm³/mol. The molecule has 0 aliphatic carbocycles. The summed E-state index contributed by atoms with van der Waals surface area (Å²) in [7, 11) is 0. The molecule has 2 aromatic carbocycles. The van der Waals surface area contributed by atoms with Crippen LogP contribution in [0.25, 0.3) is 0 Å². The van der Waals surface area contributed by atoms with E-state index in [0.29, 0.717) is 17.9 Å². The van der Waals surface area contributed by atoms with Crippen LogP contribution in [0.3, 0.4) is 0 Å². The molecule has 0 spiro atoms. The Morgan fingerprint density at radius 3 is 2.70 bits per heavy atom. The lowest BCUT2D eigenvalue weighted by Crippen LogP contribution is -2.16. The quantitative estimate of drug-likeness (QED) is 0.794. The van der Waals surface area contributed by atoms with Gasteiger partial charge in [-0.25, -0.2) is 0 Å². The maximum atomic E-state index is 12.6. The normalized spacial score (nSPS) is 16.0. The van der Waals surface area contributed by atoms with Gasteiger partial charge in [0, 0.05) is 5.69 Å². The van der Waals surface area contributed by atoms with Crippen LogP contribution in [-0.2, 0) is 11.2 Å². The summed E-state index contributed by atoms with van der Waals surface area (Å²) in [6, 6.07) is 15.2. The van der Waals surface area contributed by atoms with Crippen LogP contribution in [0.1, 0.15) is 29.3 Å². The zero-order chi connectivity index (χ0) is 16.1. The minimum Gasteiger partial charge on any atom is -0.490 e. The van der Waals surface area contributed by atoms with Crippen molar-refractivity contribution < 1.29 is 14.3 Å². The number of amides is 1. The summed E-state index contributed by atoms with van der Waals surface area (Å²) in [5, 5.41) is 2.92. The van der Waals surface area contributed by atoms with Gasteiger partial charge in [0.2, 0.25) is 0 Å². The molecule has 1 N–H and O–H groups in total. The zero-order valence-electron chi connectivity index (χ0n) is 13.2. The molecule has 1 aliphatic heterocycles. The molecule has 1 heterocycles. The van der Waals surface area contributed by atoms with E-state index < -0.39 is 0 Å². The molecule has 4 heteroatoms. The van der Waals surface area contributed by atoms with Crippen LogP contribution in [0.15, 0.2) is 48.5 Å². The Morgan fingerprint density at radius 2 is 2.00 bits per heavy atom. The van der Waals surface area contributed by atoms with Gasteiger partial charge in [0.05, 0.1) is 12.2 Å². The van der Waals surface area contributed by atoms with Crippen molar-refractivity contribution in [3.05, 3.63) is 59.7 Å². The number of hydrogen-bond acceptors (Lipinski definition) is 3. The number of benzene rings is 2. The second-order valence-electron chi connectivity index (χ2n) is 5.63. The highest BCUT2D eigenvalue weighted by atomic mass is 16.6. The number of nitrogens with one attached hydrogen (secondary N) is 1. The van der Waals surface area contributed by atoms with Crippen molar-refractivity contribution in [2.24, 2.45) is 0 Å². The van der Waals surface area contributed by atoms with Crippen LogP contribution in [0, 0.1) is 0 Å². The summed E-state index contributed by atoms with van der Waals surface area (Å²) in [6.45, 7) is 3.35. The largest absolute Gasteiger partial charge is 0.490 e. The lowest BCUT2D eigenvalue weighted by atomic mass is 10.0. The Balaban J connectivity index is 1.83. The average Bonchev–Trinajstić information content (AvgIpc) is 3.39. The van der Waals surface area contributed by atoms with E-state index in [0.717, 1.165) is 30.7 Å². The molecule has 1 aliphatic rings. The van der Waals surface area contributed by atoms with Gasteiger partial charge < -0.3 is 14.8 Å². The first-order valence-corrected chi connectivity index (χ1v) is 8.00. The first-order chi connectivity index (χ1) is 11.3. The predicted octanol–water partition coefficient (Wildman–Crippen LogP) is 3.67. The number of carbonyl (C=O) groups is 1. The van der Waals surface area contributed by atoms with Gasteiger partial charge in [-0.15, -0.1) is 0 Å². The van der Waals surface area contributed by atoms with Crippen molar-refractivity contribution in [1.29, 1.82) is 0 Å². The van der Waals surface area contributed by atoms with E-state index in [1.165, 1.54) is 0 Å². The van der Waals surface area contributed by atoms with Crippen LogP contribution in [0.4, 0.5) is 5.69 Å². The van der Waals surface area contributed by atoms with E-state index >= 15 is 0 Å². The van der Waals surface area contributed by atoms with Crippen LogP contribution < -0.4 is 10.1 Å². The molecule has 120 valence electrons. The smallest absolute Gasteiger partial charge is 0.259 e. The number of ether oxygens (including phenoxy) is 2. The second-order valence-corrected chi connectivity index (χ2v) is 5.63. The fourth-order valence-corrected chi connectivity index (χ4v) is 2.46. The summed E-state index contributed by atoms with van der Waals surface area (Å²) < 4.78 is 11.1. The number of para-hydroxylation sites is 2. The average molecular weight is 311 g/mol. The fraction of sp³-hybridized carbons (Fsp3) is 0.316. The summed E-state index contributed by atoms with van der Waals surface area (Å²) in [6.07, 6.45) is 2.04. The van der Waals surface area contributed by atoms with Crippen molar-refractivity contribution in [3.8, 4) is 5.75 Å². The van der Waals surface area contributed by atoms with Crippen molar-refractivity contribution in [2.75, 3.05) is 18.5 Å². The lowest BCUT2D eigenvalue weighted by Gasteiger charge is -2.15. The number of rotatable bonds is 7. The Labute approximate surface area is 136 Å². The maximum Gasteiger partial charge on any atom is 0.259 e. The molecule has 0 bridgehead atoms. The molecule has 0 saturated carbocycles. The molecule has 0 aromatic heterocycles. The maximum absolute atomic E-state index is 12.6. The highest BCUT2D eigenvalue weighted by Crippen LogP contribution is 2.27. The highest BCUT2D eigenvalue weighted by Gasteiger charge is 2.25. The van der Waals surface area contributed by atoms with Gasteiger partial charge in [-0.2, -0.15) is 0 Å². The van der Waals surface area contributed by atoms with Crippen LogP contribution in [-0.4, -0.2) is 25.2 Å². The molecule has 0 radical (unpaired) electrons. The molecular weight excluding hydrogens is 290 g/mol. The minimum absolute atomic E-state index is 0.152. The monoisotopic (exact) mass is 311 g/mol. The first kappa shape index (κ1) is 15.6. The van der Waals surface area contributed by atoms with Crippen LogP contribution in [0.2, 0.25) is 0 Å². The van der Waals surface area contributed by atoms with Gasteiger partial charge in [-0.3, -0.25) is 4.79 Å². The molecule has 1 amide bonds. The summed E-state index contributed by atoms with van der Waals surface area (Å²) in [5.41, 5.74) is 2.41. The Kier molecular flexibility index (Phi) is 4.93. The third-order valence-corrected chi connectivity index (χ3v) is 3.71. The lowest BCUT2D eigenvalue weighted by molar-refractivity contribution is 0.102. The van der Waals surface area contributed by atoms with Gasteiger partial charge in [-0.1, -0.05) is 43.7 Å². The van der Waals surface area contributed by atoms with Crippen molar-refractivity contribution >= 4 is 11.6 Å². The van der Waals surface area contributed by atoms with E-state index in [-0.39, 0.29) is 12.0 Å². The van der Waals surface area contributed by atoms with Crippen molar-refractivity contribution in [2.45, 2.75) is 25.9 Å². The van der Waals surface area contributed by atoms with Gasteiger partial charge in [0.1, 0.15) is 18.5 Å². The first-order valence-electron chi connectivity index (χ1n) is 8.00. The molecule has 1 saturated heterocycles. The van der Waals surface area contributed by atoms with Gasteiger partial charge in [0.25, 0.3) is 5.91 Å². The number of carbonyl (C=O) groups excluding carboxylic acids is 1. The molecule has 1 atom stereocenters. The van der Waals surface area contributed by atoms with Gasteiger partial charge in [0.15, 0.2) is 0 Å². The molecule has 1 fully saturated rings. The van der Waals surface area contributed by atoms with Crippen LogP contribution >= 0.6 is 0 Å². The number of aryl methyl sites for hydroxylation is 1. The third kappa shape index (κ3) is 4.11. The molecule has 23 heavy (non-hydrogen) atoms. The summed E-state index contributed by atoms with van der Waals surface area (Å²) >= 11 is 0. The molecule has 4 nitrogen and oxygen atoms in total. The fourth-order valence-electron chi connectivity index (χ4n) is 2.46. The van der Waals surface area contributed by atoms with E-state index in [1.807, 2.05) is 42.5 Å². The zero-order valence-corrected chi connectivity index (χ0v) is 13.2. The third-order valence-electron chi connectivity index (χ3n) is 3.71. The topological polar surface area (TPSA) is 50.9 Å². The minimum atomic E-state index is -0.152. The molecular formula is C19H21NO3. The summed E-state index contributed by atoms with van der Waals surface area (Å²) in [4.78, 5) is 12.6.